The van der Waals surface area contributed by atoms with Gasteiger partial charge in [0, 0.05) is 45.3 Å². The SMILES string of the molecule is CN=C(NCCc1nnc2ccccn12)NC1CCCN(c2cc(C)ccc2F)C1.I. The predicted molar refractivity (Wildman–Crippen MR) is 133 cm³/mol. The third kappa shape index (κ3) is 5.63. The number of nitrogens with zero attached hydrogens (tertiary/aromatic N) is 5. The molecule has 2 aromatic heterocycles. The van der Waals surface area contributed by atoms with Crippen molar-refractivity contribution in [3.8, 4) is 0 Å². The van der Waals surface area contributed by atoms with Crippen molar-refractivity contribution in [3.63, 3.8) is 0 Å². The number of aliphatic imine (C=N–C) groups is 1. The highest BCUT2D eigenvalue weighted by Crippen LogP contribution is 2.24. The van der Waals surface area contributed by atoms with Crippen LogP contribution < -0.4 is 15.5 Å². The molecule has 1 atom stereocenters. The maximum absolute atomic E-state index is 14.3. The second-order valence-electron chi connectivity index (χ2n) is 7.68. The van der Waals surface area contributed by atoms with Gasteiger partial charge in [-0.05, 0) is 49.6 Å². The van der Waals surface area contributed by atoms with Crippen molar-refractivity contribution in [2.45, 2.75) is 32.2 Å². The molecule has 1 unspecified atom stereocenters. The van der Waals surface area contributed by atoms with E-state index in [1.54, 1.807) is 13.1 Å². The van der Waals surface area contributed by atoms with Crippen LogP contribution in [0.4, 0.5) is 10.1 Å². The number of anilines is 1. The number of hydrogen-bond acceptors (Lipinski definition) is 4. The van der Waals surface area contributed by atoms with Crippen molar-refractivity contribution in [1.82, 2.24) is 25.2 Å². The summed E-state index contributed by atoms with van der Waals surface area (Å²) in [6.07, 6.45) is 4.74. The van der Waals surface area contributed by atoms with Crippen molar-refractivity contribution in [2.24, 2.45) is 4.99 Å². The lowest BCUT2D eigenvalue weighted by Gasteiger charge is -2.35. The predicted octanol–water partition coefficient (Wildman–Crippen LogP) is 3.17. The number of piperidine rings is 1. The highest BCUT2D eigenvalue weighted by atomic mass is 127. The van der Waals surface area contributed by atoms with Gasteiger partial charge < -0.3 is 15.5 Å². The van der Waals surface area contributed by atoms with E-state index >= 15 is 0 Å². The Bertz CT molecular complexity index is 1040. The largest absolute Gasteiger partial charge is 0.367 e. The molecular formula is C22H29FIN7. The molecule has 3 heterocycles. The van der Waals surface area contributed by atoms with E-state index in [0.717, 1.165) is 55.3 Å². The first kappa shape index (κ1) is 23.2. The zero-order valence-corrected chi connectivity index (χ0v) is 20.2. The minimum atomic E-state index is -0.163. The molecule has 1 aromatic carbocycles. The van der Waals surface area contributed by atoms with Gasteiger partial charge in [-0.1, -0.05) is 12.1 Å². The Balaban J connectivity index is 0.00000272. The van der Waals surface area contributed by atoms with Crippen molar-refractivity contribution in [3.05, 3.63) is 59.8 Å². The molecule has 31 heavy (non-hydrogen) atoms. The molecule has 7 nitrogen and oxygen atoms in total. The van der Waals surface area contributed by atoms with Gasteiger partial charge in [-0.25, -0.2) is 4.39 Å². The van der Waals surface area contributed by atoms with Crippen LogP contribution in [0.15, 0.2) is 47.6 Å². The van der Waals surface area contributed by atoms with E-state index < -0.39 is 0 Å². The minimum Gasteiger partial charge on any atom is -0.367 e. The van der Waals surface area contributed by atoms with Crippen LogP contribution in [0.1, 0.15) is 24.2 Å². The van der Waals surface area contributed by atoms with Crippen molar-refractivity contribution >= 4 is 41.3 Å². The molecule has 3 aromatic rings. The molecular weight excluding hydrogens is 508 g/mol. The van der Waals surface area contributed by atoms with Gasteiger partial charge >= 0.3 is 0 Å². The topological polar surface area (TPSA) is 69.8 Å². The van der Waals surface area contributed by atoms with E-state index in [0.29, 0.717) is 12.2 Å². The van der Waals surface area contributed by atoms with Gasteiger partial charge in [0.25, 0.3) is 0 Å². The van der Waals surface area contributed by atoms with Gasteiger partial charge in [0.05, 0.1) is 5.69 Å². The van der Waals surface area contributed by atoms with E-state index in [9.17, 15) is 4.39 Å². The third-order valence-electron chi connectivity index (χ3n) is 5.45. The third-order valence-corrected chi connectivity index (χ3v) is 5.45. The number of rotatable bonds is 5. The summed E-state index contributed by atoms with van der Waals surface area (Å²) >= 11 is 0. The molecule has 1 fully saturated rings. The second-order valence-corrected chi connectivity index (χ2v) is 7.68. The molecule has 166 valence electrons. The normalized spacial score (nSPS) is 16.8. The Morgan fingerprint density at radius 1 is 1.26 bits per heavy atom. The number of nitrogens with one attached hydrogen (secondary N) is 2. The lowest BCUT2D eigenvalue weighted by Crippen LogP contribution is -2.51. The number of guanidine groups is 1. The average molecular weight is 537 g/mol. The maximum atomic E-state index is 14.3. The van der Waals surface area contributed by atoms with Crippen LogP contribution in [0.3, 0.4) is 0 Å². The van der Waals surface area contributed by atoms with Gasteiger partial charge in [0.2, 0.25) is 0 Å². The van der Waals surface area contributed by atoms with Crippen LogP contribution in [0.25, 0.3) is 5.65 Å². The zero-order valence-electron chi connectivity index (χ0n) is 17.9. The molecule has 0 spiro atoms. The molecule has 1 saturated heterocycles. The number of benzene rings is 1. The molecule has 0 saturated carbocycles. The van der Waals surface area contributed by atoms with Crippen LogP contribution >= 0.6 is 24.0 Å². The summed E-state index contributed by atoms with van der Waals surface area (Å²) in [7, 11) is 1.77. The van der Waals surface area contributed by atoms with E-state index in [-0.39, 0.29) is 35.8 Å². The summed E-state index contributed by atoms with van der Waals surface area (Å²) in [4.78, 5) is 6.48. The summed E-state index contributed by atoms with van der Waals surface area (Å²) < 4.78 is 16.3. The number of hydrogen-bond donors (Lipinski definition) is 2. The standard InChI is InChI=1S/C22H28FN7.HI/c1-16-8-9-18(23)19(14-16)29-12-5-6-17(15-29)26-22(24-2)25-11-10-21-28-27-20-7-3-4-13-30(20)21;/h3-4,7-9,13-14,17H,5-6,10-12,15H2,1-2H3,(H2,24,25,26);1H. The van der Waals surface area contributed by atoms with Crippen LogP contribution in [-0.2, 0) is 6.42 Å². The summed E-state index contributed by atoms with van der Waals surface area (Å²) in [6, 6.07) is 11.4. The summed E-state index contributed by atoms with van der Waals surface area (Å²) in [6.45, 7) is 4.30. The Kier molecular flexibility index (Phi) is 8.05. The first-order valence-electron chi connectivity index (χ1n) is 10.4. The molecule has 1 aliphatic heterocycles. The zero-order chi connectivity index (χ0) is 20.9. The van der Waals surface area contributed by atoms with E-state index in [2.05, 4.69) is 30.7 Å². The molecule has 0 bridgehead atoms. The fourth-order valence-corrected chi connectivity index (χ4v) is 3.92. The molecule has 2 N–H and O–H groups in total. The Labute approximate surface area is 199 Å². The van der Waals surface area contributed by atoms with Crippen LogP contribution in [0, 0.1) is 12.7 Å². The quantitative estimate of drug-likeness (QED) is 0.298. The minimum absolute atomic E-state index is 0. The first-order valence-corrected chi connectivity index (χ1v) is 10.4. The number of fused-ring (bicyclic) bond motifs is 1. The van der Waals surface area contributed by atoms with Crippen molar-refractivity contribution < 1.29 is 4.39 Å². The second kappa shape index (κ2) is 10.7. The van der Waals surface area contributed by atoms with Gasteiger partial charge in [0.1, 0.15) is 11.6 Å². The fraction of sp³-hybridized carbons (Fsp3) is 0.409. The van der Waals surface area contributed by atoms with Gasteiger partial charge in [-0.3, -0.25) is 9.39 Å². The molecule has 0 radical (unpaired) electrons. The van der Waals surface area contributed by atoms with Gasteiger partial charge in [-0.2, -0.15) is 0 Å². The monoisotopic (exact) mass is 537 g/mol. The Hall–Kier alpha value is -2.43. The number of aromatic nitrogens is 3. The Morgan fingerprint density at radius 3 is 2.97 bits per heavy atom. The van der Waals surface area contributed by atoms with Crippen LogP contribution in [0.2, 0.25) is 0 Å². The smallest absolute Gasteiger partial charge is 0.191 e. The van der Waals surface area contributed by atoms with E-state index in [1.807, 2.05) is 47.9 Å². The number of aryl methyl sites for hydroxylation is 1. The lowest BCUT2D eigenvalue weighted by molar-refractivity contribution is 0.463. The van der Waals surface area contributed by atoms with Crippen molar-refractivity contribution in [1.29, 1.82) is 0 Å². The lowest BCUT2D eigenvalue weighted by atomic mass is 10.0. The fourth-order valence-electron chi connectivity index (χ4n) is 3.92. The van der Waals surface area contributed by atoms with E-state index in [4.69, 9.17) is 0 Å². The summed E-state index contributed by atoms with van der Waals surface area (Å²) in [5.41, 5.74) is 2.60. The van der Waals surface area contributed by atoms with Crippen LogP contribution in [0.5, 0.6) is 0 Å². The Morgan fingerprint density at radius 2 is 2.13 bits per heavy atom. The van der Waals surface area contributed by atoms with E-state index in [1.165, 1.54) is 0 Å². The van der Waals surface area contributed by atoms with Gasteiger partial charge in [-0.15, -0.1) is 34.2 Å². The highest BCUT2D eigenvalue weighted by molar-refractivity contribution is 14.0. The van der Waals surface area contributed by atoms with Crippen molar-refractivity contribution in [2.75, 3.05) is 31.6 Å². The molecule has 1 aliphatic rings. The molecule has 0 aliphatic carbocycles. The maximum Gasteiger partial charge on any atom is 0.191 e. The number of halogens is 2. The van der Waals surface area contributed by atoms with Crippen LogP contribution in [-0.4, -0.2) is 53.3 Å². The first-order chi connectivity index (χ1) is 14.6. The molecule has 0 amide bonds. The highest BCUT2D eigenvalue weighted by Gasteiger charge is 2.23. The number of pyridine rings is 1. The average Bonchev–Trinajstić information content (AvgIpc) is 3.18. The molecule has 9 heteroatoms. The summed E-state index contributed by atoms with van der Waals surface area (Å²) in [5, 5.41) is 15.3. The molecule has 4 rings (SSSR count). The summed E-state index contributed by atoms with van der Waals surface area (Å²) in [5.74, 6) is 1.50. The van der Waals surface area contributed by atoms with Gasteiger partial charge in [0.15, 0.2) is 11.6 Å².